The molecule has 1 aliphatic heterocycles. The SMILES string of the molecule is COc1nc(N)nc2c1ncn2[C@@H]1O[C@H](COP(=O)(NCC(=O)OCC(C)(C)C)Oc2cccc3ccccc23)[C@H](O)[C@]1(C)O. The molecule has 0 bridgehead atoms. The molecule has 16 heteroatoms. The number of aromatic nitrogens is 4. The fourth-order valence-corrected chi connectivity index (χ4v) is 6.08. The van der Waals surface area contributed by atoms with Crippen molar-refractivity contribution in [3.63, 3.8) is 0 Å². The molecule has 0 spiro atoms. The molecule has 1 unspecified atom stereocenters. The molecule has 45 heavy (non-hydrogen) atoms. The summed E-state index contributed by atoms with van der Waals surface area (Å²) < 4.78 is 43.7. The van der Waals surface area contributed by atoms with Gasteiger partial charge in [-0.2, -0.15) is 9.97 Å². The first-order valence-corrected chi connectivity index (χ1v) is 15.7. The highest BCUT2D eigenvalue weighted by Crippen LogP contribution is 2.48. The van der Waals surface area contributed by atoms with Crippen LogP contribution in [0.2, 0.25) is 0 Å². The van der Waals surface area contributed by atoms with Crippen LogP contribution < -0.4 is 20.1 Å². The Morgan fingerprint density at radius 1 is 1.20 bits per heavy atom. The molecule has 0 radical (unpaired) electrons. The second-order valence-corrected chi connectivity index (χ2v) is 13.8. The van der Waals surface area contributed by atoms with E-state index in [0.717, 1.165) is 5.39 Å². The number of nitrogen functional groups attached to an aromatic ring is 1. The summed E-state index contributed by atoms with van der Waals surface area (Å²) in [6.07, 6.45) is -2.61. The third-order valence-corrected chi connectivity index (χ3v) is 8.54. The zero-order valence-electron chi connectivity index (χ0n) is 25.5. The Kier molecular flexibility index (Phi) is 9.04. The maximum absolute atomic E-state index is 14.1. The van der Waals surface area contributed by atoms with Gasteiger partial charge in [0.25, 0.3) is 0 Å². The number of anilines is 1. The smallest absolute Gasteiger partial charge is 0.459 e. The predicted octanol–water partition coefficient (Wildman–Crippen LogP) is 2.96. The van der Waals surface area contributed by atoms with Crippen LogP contribution in [0.25, 0.3) is 21.9 Å². The number of imidazole rings is 1. The summed E-state index contributed by atoms with van der Waals surface area (Å²) in [5, 5.41) is 26.5. The second-order valence-electron chi connectivity index (χ2n) is 12.0. The minimum absolute atomic E-state index is 0.0993. The van der Waals surface area contributed by atoms with Gasteiger partial charge in [-0.25, -0.2) is 14.6 Å². The van der Waals surface area contributed by atoms with Gasteiger partial charge in [-0.1, -0.05) is 57.2 Å². The van der Waals surface area contributed by atoms with Crippen molar-refractivity contribution in [1.82, 2.24) is 24.6 Å². The Hall–Kier alpha value is -3.85. The number of hydrogen-bond acceptors (Lipinski definition) is 13. The molecular weight excluding hydrogens is 607 g/mol. The molecule has 1 aliphatic rings. The molecule has 15 nitrogen and oxygen atoms in total. The number of fused-ring (bicyclic) bond motifs is 2. The van der Waals surface area contributed by atoms with Gasteiger partial charge in [-0.15, -0.1) is 0 Å². The van der Waals surface area contributed by atoms with Crippen molar-refractivity contribution in [2.24, 2.45) is 5.41 Å². The number of nitrogens with zero attached hydrogens (tertiary/aromatic N) is 4. The number of ether oxygens (including phenoxy) is 3. The van der Waals surface area contributed by atoms with Crippen molar-refractivity contribution in [3.05, 3.63) is 48.8 Å². The predicted molar refractivity (Wildman–Crippen MR) is 163 cm³/mol. The van der Waals surface area contributed by atoms with E-state index in [1.807, 2.05) is 39.0 Å². The van der Waals surface area contributed by atoms with Crippen LogP contribution in [0.4, 0.5) is 5.95 Å². The van der Waals surface area contributed by atoms with Gasteiger partial charge in [-0.05, 0) is 23.8 Å². The third-order valence-electron chi connectivity index (χ3n) is 7.07. The summed E-state index contributed by atoms with van der Waals surface area (Å²) in [4.78, 5) is 24.9. The largest absolute Gasteiger partial charge is 0.479 e. The topological polar surface area (TPSA) is 202 Å². The lowest BCUT2D eigenvalue weighted by atomic mass is 9.96. The lowest BCUT2D eigenvalue weighted by Crippen LogP contribution is -2.44. The summed E-state index contributed by atoms with van der Waals surface area (Å²) in [6.45, 7) is 6.24. The minimum atomic E-state index is -4.32. The van der Waals surface area contributed by atoms with Gasteiger partial charge < -0.3 is 34.7 Å². The van der Waals surface area contributed by atoms with Gasteiger partial charge in [0.1, 0.15) is 30.1 Å². The molecular formula is C29H37N6O9P. The molecule has 5 N–H and O–H groups in total. The molecule has 1 fully saturated rings. The molecule has 0 amide bonds. The fraction of sp³-hybridized carbons (Fsp3) is 0.448. The molecule has 5 rings (SSSR count). The van der Waals surface area contributed by atoms with Crippen molar-refractivity contribution >= 4 is 41.6 Å². The Balaban J connectivity index is 1.38. The minimum Gasteiger partial charge on any atom is -0.479 e. The third kappa shape index (κ3) is 7.03. The Morgan fingerprint density at radius 3 is 2.67 bits per heavy atom. The Morgan fingerprint density at radius 2 is 1.93 bits per heavy atom. The zero-order chi connectivity index (χ0) is 32.6. The highest BCUT2D eigenvalue weighted by molar-refractivity contribution is 7.52. The number of rotatable bonds is 11. The molecule has 242 valence electrons. The molecule has 5 atom stereocenters. The van der Waals surface area contributed by atoms with Crippen LogP contribution in [-0.2, 0) is 23.4 Å². The molecule has 0 aliphatic carbocycles. The van der Waals surface area contributed by atoms with Crippen molar-refractivity contribution in [3.8, 4) is 11.6 Å². The van der Waals surface area contributed by atoms with Gasteiger partial charge in [-0.3, -0.25) is 13.9 Å². The lowest BCUT2D eigenvalue weighted by molar-refractivity contribution is -0.145. The fourth-order valence-electron chi connectivity index (χ4n) is 4.79. The van der Waals surface area contributed by atoms with Gasteiger partial charge >= 0.3 is 13.7 Å². The number of benzene rings is 2. The number of methoxy groups -OCH3 is 1. The van der Waals surface area contributed by atoms with Gasteiger partial charge in [0.05, 0.1) is 26.7 Å². The first-order valence-electron chi connectivity index (χ1n) is 14.1. The maximum atomic E-state index is 14.1. The normalized spacial score (nSPS) is 23.2. The van der Waals surface area contributed by atoms with Gasteiger partial charge in [0.2, 0.25) is 11.8 Å². The first kappa shape index (κ1) is 32.5. The van der Waals surface area contributed by atoms with Crippen molar-refractivity contribution in [2.75, 3.05) is 32.6 Å². The highest BCUT2D eigenvalue weighted by Gasteiger charge is 2.54. The van der Waals surface area contributed by atoms with Crippen LogP contribution in [0.15, 0.2) is 48.8 Å². The van der Waals surface area contributed by atoms with E-state index < -0.39 is 50.9 Å². The van der Waals surface area contributed by atoms with E-state index in [0.29, 0.717) is 5.39 Å². The monoisotopic (exact) mass is 644 g/mol. The zero-order valence-corrected chi connectivity index (χ0v) is 26.4. The van der Waals surface area contributed by atoms with E-state index in [1.54, 1.807) is 24.3 Å². The van der Waals surface area contributed by atoms with Crippen LogP contribution in [0.3, 0.4) is 0 Å². The first-order chi connectivity index (χ1) is 21.2. The Bertz CT molecular complexity index is 1740. The lowest BCUT2D eigenvalue weighted by Gasteiger charge is -2.27. The number of aliphatic hydroxyl groups is 2. The van der Waals surface area contributed by atoms with Crippen LogP contribution in [0, 0.1) is 5.41 Å². The number of nitrogens with two attached hydrogens (primary N) is 1. The molecule has 0 saturated carbocycles. The van der Waals surface area contributed by atoms with Crippen LogP contribution in [0.1, 0.15) is 33.9 Å². The number of carbonyl (C=O) groups excluding carboxylic acids is 1. The molecule has 3 heterocycles. The second kappa shape index (κ2) is 12.5. The molecule has 1 saturated heterocycles. The summed E-state index contributed by atoms with van der Waals surface area (Å²) in [5.74, 6) is -0.411. The van der Waals surface area contributed by atoms with Crippen molar-refractivity contribution < 1.29 is 42.8 Å². The number of aliphatic hydroxyl groups excluding tert-OH is 1. The highest BCUT2D eigenvalue weighted by atomic mass is 31.2. The van der Waals surface area contributed by atoms with E-state index in [-0.39, 0.29) is 40.8 Å². The van der Waals surface area contributed by atoms with Crippen LogP contribution >= 0.6 is 7.75 Å². The Labute approximate surface area is 259 Å². The molecule has 4 aromatic rings. The van der Waals surface area contributed by atoms with Gasteiger partial charge in [0, 0.05) is 5.39 Å². The maximum Gasteiger partial charge on any atom is 0.459 e. The standard InChI is InChI=1S/C29H37N6O9P/c1-28(2,3)15-41-21(36)13-32-45(39,44-19-12-8-10-17-9-6-7-11-18(17)19)42-14-20-23(37)29(4,38)26(43-20)35-16-31-22-24(35)33-27(30)34-25(22)40-5/h6-12,16,20,23,26,37-38H,13-15H2,1-5H3,(H,32,39)(H2,30,33,34)/t20-,23+,26-,29+,45?/m1/s1. The summed E-state index contributed by atoms with van der Waals surface area (Å²) in [6, 6.07) is 12.5. The average Bonchev–Trinajstić information content (AvgIpc) is 3.50. The van der Waals surface area contributed by atoms with E-state index in [2.05, 4.69) is 20.0 Å². The van der Waals surface area contributed by atoms with E-state index in [1.165, 1.54) is 24.9 Å². The van der Waals surface area contributed by atoms with Gasteiger partial charge in [0.15, 0.2) is 17.4 Å². The number of nitrogens with one attached hydrogen (secondary N) is 1. The van der Waals surface area contributed by atoms with E-state index in [9.17, 15) is 19.6 Å². The van der Waals surface area contributed by atoms with Crippen molar-refractivity contribution in [1.29, 1.82) is 0 Å². The van der Waals surface area contributed by atoms with Crippen molar-refractivity contribution in [2.45, 2.75) is 51.7 Å². The van der Waals surface area contributed by atoms with Crippen LogP contribution in [0.5, 0.6) is 11.6 Å². The summed E-state index contributed by atoms with van der Waals surface area (Å²) in [7, 11) is -2.92. The molecule has 2 aromatic carbocycles. The van der Waals surface area contributed by atoms with E-state index >= 15 is 0 Å². The average molecular weight is 645 g/mol. The number of hydrogen-bond donors (Lipinski definition) is 4. The quantitative estimate of drug-likeness (QED) is 0.137. The summed E-state index contributed by atoms with van der Waals surface area (Å²) in [5.41, 5.74) is 4.12. The summed E-state index contributed by atoms with van der Waals surface area (Å²) >= 11 is 0. The number of esters is 1. The molecule has 2 aromatic heterocycles. The number of carbonyl (C=O) groups is 1. The van der Waals surface area contributed by atoms with Crippen LogP contribution in [-0.4, -0.2) is 80.4 Å². The van der Waals surface area contributed by atoms with E-state index in [4.69, 9.17) is 29.0 Å².